The van der Waals surface area contributed by atoms with Gasteiger partial charge in [-0.2, -0.15) is 0 Å². The first-order valence-corrected chi connectivity index (χ1v) is 9.96. The minimum Gasteiger partial charge on any atom is -0.493 e. The number of benzene rings is 3. The maximum Gasteiger partial charge on any atom is 0.203 e. The first-order valence-electron chi connectivity index (χ1n) is 9.96. The van der Waals surface area contributed by atoms with E-state index in [1.807, 2.05) is 61.6 Å². The lowest BCUT2D eigenvalue weighted by Gasteiger charge is -2.21. The number of nitrogens with zero attached hydrogens (tertiary/aromatic N) is 3. The van der Waals surface area contributed by atoms with Crippen molar-refractivity contribution in [2.45, 2.75) is 6.54 Å². The quantitative estimate of drug-likeness (QED) is 0.425. The van der Waals surface area contributed by atoms with Crippen LogP contribution in [0.25, 0.3) is 22.3 Å². The number of hydrogen-bond donors (Lipinski definition) is 0. The van der Waals surface area contributed by atoms with Crippen molar-refractivity contribution in [3.8, 4) is 28.6 Å². The van der Waals surface area contributed by atoms with Crippen LogP contribution in [0.2, 0.25) is 0 Å². The van der Waals surface area contributed by atoms with Gasteiger partial charge >= 0.3 is 0 Å². The Kier molecular flexibility index (Phi) is 5.89. The van der Waals surface area contributed by atoms with Crippen LogP contribution in [0.4, 0.5) is 5.82 Å². The average Bonchev–Trinajstić information content (AvgIpc) is 2.82. The molecule has 0 saturated heterocycles. The number of methoxy groups -OCH3 is 3. The Morgan fingerprint density at radius 3 is 2.06 bits per heavy atom. The molecule has 6 nitrogen and oxygen atoms in total. The van der Waals surface area contributed by atoms with E-state index in [0.717, 1.165) is 28.8 Å². The smallest absolute Gasteiger partial charge is 0.203 e. The van der Waals surface area contributed by atoms with E-state index in [-0.39, 0.29) is 0 Å². The zero-order valence-corrected chi connectivity index (χ0v) is 18.1. The molecule has 4 aromatic rings. The molecule has 0 N–H and O–H groups in total. The van der Waals surface area contributed by atoms with Gasteiger partial charge in [-0.05, 0) is 29.8 Å². The molecule has 158 valence electrons. The molecule has 3 aromatic carbocycles. The number of para-hydroxylation sites is 1. The van der Waals surface area contributed by atoms with Crippen LogP contribution in [-0.4, -0.2) is 38.3 Å². The van der Waals surface area contributed by atoms with Gasteiger partial charge in [0.05, 0.1) is 26.8 Å². The molecule has 0 aliphatic rings. The SMILES string of the molecule is COc1cc(-c2nc(N(C)Cc3ccccc3)c3ccccc3n2)cc(OC)c1OC. The largest absolute Gasteiger partial charge is 0.493 e. The summed E-state index contributed by atoms with van der Waals surface area (Å²) in [5.41, 5.74) is 2.87. The molecule has 0 aliphatic carbocycles. The predicted octanol–water partition coefficient (Wildman–Crippen LogP) is 4.96. The Balaban J connectivity index is 1.85. The number of ether oxygens (including phenoxy) is 3. The summed E-state index contributed by atoms with van der Waals surface area (Å²) in [5, 5.41) is 0.997. The Morgan fingerprint density at radius 1 is 0.774 bits per heavy atom. The zero-order valence-electron chi connectivity index (χ0n) is 18.1. The summed E-state index contributed by atoms with van der Waals surface area (Å²) < 4.78 is 16.5. The summed E-state index contributed by atoms with van der Waals surface area (Å²) >= 11 is 0. The van der Waals surface area contributed by atoms with E-state index in [0.29, 0.717) is 23.1 Å². The monoisotopic (exact) mass is 415 g/mol. The summed E-state index contributed by atoms with van der Waals surface area (Å²) in [4.78, 5) is 11.9. The molecule has 0 atom stereocenters. The molecule has 0 fully saturated rings. The normalized spacial score (nSPS) is 10.7. The van der Waals surface area contributed by atoms with E-state index in [4.69, 9.17) is 24.2 Å². The minimum atomic E-state index is 0.538. The first kappa shape index (κ1) is 20.5. The van der Waals surface area contributed by atoms with Gasteiger partial charge in [0.2, 0.25) is 5.75 Å². The molecular weight excluding hydrogens is 390 g/mol. The van der Waals surface area contributed by atoms with Crippen molar-refractivity contribution in [2.24, 2.45) is 0 Å². The van der Waals surface area contributed by atoms with Crippen molar-refractivity contribution in [2.75, 3.05) is 33.3 Å². The van der Waals surface area contributed by atoms with Crippen molar-refractivity contribution in [1.29, 1.82) is 0 Å². The number of fused-ring (bicyclic) bond motifs is 1. The summed E-state index contributed by atoms with van der Waals surface area (Å²) in [5.74, 6) is 3.11. The second-order valence-electron chi connectivity index (χ2n) is 7.14. The van der Waals surface area contributed by atoms with Crippen LogP contribution in [0.5, 0.6) is 17.2 Å². The summed E-state index contributed by atoms with van der Waals surface area (Å²) in [6.07, 6.45) is 0. The van der Waals surface area contributed by atoms with Crippen LogP contribution >= 0.6 is 0 Å². The second kappa shape index (κ2) is 8.92. The highest BCUT2D eigenvalue weighted by Gasteiger charge is 2.18. The lowest BCUT2D eigenvalue weighted by molar-refractivity contribution is 0.324. The minimum absolute atomic E-state index is 0.538. The van der Waals surface area contributed by atoms with E-state index in [2.05, 4.69) is 17.0 Å². The lowest BCUT2D eigenvalue weighted by Crippen LogP contribution is -2.18. The Morgan fingerprint density at radius 2 is 1.42 bits per heavy atom. The van der Waals surface area contributed by atoms with Crippen molar-refractivity contribution in [3.63, 3.8) is 0 Å². The van der Waals surface area contributed by atoms with E-state index in [1.54, 1.807) is 21.3 Å². The van der Waals surface area contributed by atoms with Gasteiger partial charge in [0, 0.05) is 24.5 Å². The summed E-state index contributed by atoms with van der Waals surface area (Å²) in [6.45, 7) is 0.733. The van der Waals surface area contributed by atoms with E-state index in [9.17, 15) is 0 Å². The molecular formula is C25H25N3O3. The molecule has 0 unspecified atom stereocenters. The van der Waals surface area contributed by atoms with Crippen LogP contribution in [-0.2, 0) is 6.54 Å². The van der Waals surface area contributed by atoms with Gasteiger partial charge in [-0.1, -0.05) is 42.5 Å². The summed E-state index contributed by atoms with van der Waals surface area (Å²) in [6, 6.07) is 22.1. The number of rotatable bonds is 7. The first-order chi connectivity index (χ1) is 15.1. The molecule has 1 heterocycles. The maximum atomic E-state index is 5.51. The van der Waals surface area contributed by atoms with Gasteiger partial charge in [-0.25, -0.2) is 9.97 Å². The average molecular weight is 415 g/mol. The van der Waals surface area contributed by atoms with Gasteiger partial charge in [0.25, 0.3) is 0 Å². The second-order valence-corrected chi connectivity index (χ2v) is 7.14. The van der Waals surface area contributed by atoms with Gasteiger partial charge in [0.15, 0.2) is 17.3 Å². The third kappa shape index (κ3) is 4.10. The van der Waals surface area contributed by atoms with Crippen LogP contribution in [0, 0.1) is 0 Å². The lowest BCUT2D eigenvalue weighted by atomic mass is 10.1. The van der Waals surface area contributed by atoms with E-state index in [1.165, 1.54) is 5.56 Å². The van der Waals surface area contributed by atoms with Gasteiger partial charge in [-0.3, -0.25) is 0 Å². The third-order valence-corrected chi connectivity index (χ3v) is 5.13. The fourth-order valence-corrected chi connectivity index (χ4v) is 3.62. The fourth-order valence-electron chi connectivity index (χ4n) is 3.62. The van der Waals surface area contributed by atoms with Crippen molar-refractivity contribution in [3.05, 3.63) is 72.3 Å². The molecule has 0 radical (unpaired) electrons. The molecule has 0 saturated carbocycles. The zero-order chi connectivity index (χ0) is 21.8. The van der Waals surface area contributed by atoms with Gasteiger partial charge < -0.3 is 19.1 Å². The Labute approximate surface area is 182 Å². The molecule has 31 heavy (non-hydrogen) atoms. The van der Waals surface area contributed by atoms with Crippen molar-refractivity contribution in [1.82, 2.24) is 9.97 Å². The molecule has 1 aromatic heterocycles. The number of aromatic nitrogens is 2. The number of hydrogen-bond acceptors (Lipinski definition) is 6. The van der Waals surface area contributed by atoms with Gasteiger partial charge in [0.1, 0.15) is 5.82 Å². The van der Waals surface area contributed by atoms with Crippen LogP contribution in [0.1, 0.15) is 5.56 Å². The topological polar surface area (TPSA) is 56.7 Å². The number of anilines is 1. The predicted molar refractivity (Wildman–Crippen MR) is 123 cm³/mol. The molecule has 0 spiro atoms. The molecule has 0 amide bonds. The molecule has 0 aliphatic heterocycles. The van der Waals surface area contributed by atoms with Crippen LogP contribution in [0.3, 0.4) is 0 Å². The van der Waals surface area contributed by atoms with Crippen molar-refractivity contribution < 1.29 is 14.2 Å². The Hall–Kier alpha value is -3.80. The van der Waals surface area contributed by atoms with E-state index >= 15 is 0 Å². The van der Waals surface area contributed by atoms with Crippen molar-refractivity contribution >= 4 is 16.7 Å². The standard InChI is InChI=1S/C25H25N3O3/c1-28(16-17-10-6-5-7-11-17)25-19-12-8-9-13-20(19)26-24(27-25)18-14-21(29-2)23(31-4)22(15-18)30-3/h5-15H,16H2,1-4H3. The highest BCUT2D eigenvalue weighted by molar-refractivity contribution is 5.91. The highest BCUT2D eigenvalue weighted by atomic mass is 16.5. The molecule has 0 bridgehead atoms. The highest BCUT2D eigenvalue weighted by Crippen LogP contribution is 2.41. The molecule has 4 rings (SSSR count). The third-order valence-electron chi connectivity index (χ3n) is 5.13. The van der Waals surface area contributed by atoms with Crippen LogP contribution < -0.4 is 19.1 Å². The van der Waals surface area contributed by atoms with E-state index < -0.39 is 0 Å². The summed E-state index contributed by atoms with van der Waals surface area (Å²) in [7, 11) is 6.83. The van der Waals surface area contributed by atoms with Crippen LogP contribution in [0.15, 0.2) is 66.7 Å². The van der Waals surface area contributed by atoms with Gasteiger partial charge in [-0.15, -0.1) is 0 Å². The Bertz CT molecular complexity index is 1170. The molecule has 6 heteroatoms. The fraction of sp³-hybridized carbons (Fsp3) is 0.200. The maximum absolute atomic E-state index is 5.51.